The van der Waals surface area contributed by atoms with Gasteiger partial charge in [0.1, 0.15) is 0 Å². The number of methoxy groups -OCH3 is 1. The summed E-state index contributed by atoms with van der Waals surface area (Å²) in [7, 11) is -0.818. The third kappa shape index (κ3) is 3.42. The molecule has 0 rings (SSSR count). The summed E-state index contributed by atoms with van der Waals surface area (Å²) < 4.78 is 4.67. The predicted molar refractivity (Wildman–Crippen MR) is 59.5 cm³/mol. The second kappa shape index (κ2) is 4.44. The van der Waals surface area contributed by atoms with E-state index in [1.807, 2.05) is 33.9 Å². The summed E-state index contributed by atoms with van der Waals surface area (Å²) in [4.78, 5) is 21.3. The predicted octanol–water partition coefficient (Wildman–Crippen LogP) is 2.16. The molecule has 0 aromatic rings. The van der Waals surface area contributed by atoms with Gasteiger partial charge in [-0.2, -0.15) is 0 Å². The second-order valence-electron chi connectivity index (χ2n) is 5.07. The minimum absolute atomic E-state index is 0.145. The lowest BCUT2D eigenvalue weighted by atomic mass is 9.98. The van der Waals surface area contributed by atoms with Crippen molar-refractivity contribution in [3.63, 3.8) is 0 Å². The van der Waals surface area contributed by atoms with E-state index in [0.717, 1.165) is 0 Å². The lowest BCUT2D eigenvalue weighted by Crippen LogP contribution is -2.40. The Bertz CT molecular complexity index is 206. The van der Waals surface area contributed by atoms with Crippen molar-refractivity contribution in [2.75, 3.05) is 7.11 Å². The highest BCUT2D eigenvalue weighted by molar-refractivity contribution is 6.72. The zero-order valence-electron chi connectivity index (χ0n) is 10.0. The number of rotatable bonds is 4. The van der Waals surface area contributed by atoms with Crippen LogP contribution in [0, 0.1) is 5.92 Å². The Hall–Kier alpha value is -0.353. The molecule has 0 aliphatic rings. The molecule has 0 radical (unpaired) electrons. The fourth-order valence-electron chi connectivity index (χ4n) is 1.30. The summed E-state index contributed by atoms with van der Waals surface area (Å²) in [5, 5.41) is -0.166. The fraction of sp³-hybridized carbons (Fsp3) is 0.900. The van der Waals surface area contributed by atoms with Crippen molar-refractivity contribution < 1.29 is 14.3 Å². The van der Waals surface area contributed by atoms with E-state index in [0.29, 0.717) is 6.42 Å². The van der Waals surface area contributed by atoms with Crippen molar-refractivity contribution in [1.82, 2.24) is 0 Å². The average molecular weight is 218 g/mol. The molecule has 0 saturated carbocycles. The number of ether oxygens (including phenoxy) is 1. The minimum Gasteiger partial charge on any atom is -0.469 e. The first kappa shape index (κ1) is 13.6. The summed E-state index contributed by atoms with van der Waals surface area (Å²) in [5.41, 5.74) is 0. The van der Waals surface area contributed by atoms with Gasteiger partial charge in [-0.15, -0.1) is 0 Å². The maximum atomic E-state index is 11.2. The van der Waals surface area contributed by atoms with E-state index in [9.17, 15) is 9.59 Å². The SMILES string of the molecule is COC(=O)[C@@H](C)CC(C)(C)[Si](C)(C)O. The Morgan fingerprint density at radius 1 is 1.50 bits per heavy atom. The van der Waals surface area contributed by atoms with E-state index in [2.05, 4.69) is 4.74 Å². The van der Waals surface area contributed by atoms with Crippen LogP contribution in [0.3, 0.4) is 0 Å². The Labute approximate surface area is 87.6 Å². The van der Waals surface area contributed by atoms with Crippen molar-refractivity contribution in [2.24, 2.45) is 5.92 Å². The molecule has 1 N–H and O–H groups in total. The molecule has 14 heavy (non-hydrogen) atoms. The summed E-state index contributed by atoms with van der Waals surface area (Å²) in [6.45, 7) is 9.67. The molecule has 0 aliphatic carbocycles. The minimum atomic E-state index is -2.21. The van der Waals surface area contributed by atoms with Gasteiger partial charge in [-0.05, 0) is 24.6 Å². The first-order valence-corrected chi connectivity index (χ1v) is 7.87. The van der Waals surface area contributed by atoms with Gasteiger partial charge in [0.25, 0.3) is 0 Å². The van der Waals surface area contributed by atoms with E-state index in [1.54, 1.807) is 0 Å². The Morgan fingerprint density at radius 3 is 2.21 bits per heavy atom. The van der Waals surface area contributed by atoms with Gasteiger partial charge in [-0.25, -0.2) is 0 Å². The van der Waals surface area contributed by atoms with E-state index < -0.39 is 8.32 Å². The average Bonchev–Trinajstić information content (AvgIpc) is 2.00. The standard InChI is InChI=1S/C10H22O3Si/c1-8(9(11)13-4)7-10(2,3)14(5,6)12/h8,12H,7H2,1-6H3/t8-/m0/s1. The van der Waals surface area contributed by atoms with Crippen LogP contribution in [0.5, 0.6) is 0 Å². The summed E-state index contributed by atoms with van der Waals surface area (Å²) in [6.07, 6.45) is 0.676. The van der Waals surface area contributed by atoms with Crippen LogP contribution < -0.4 is 0 Å². The van der Waals surface area contributed by atoms with E-state index >= 15 is 0 Å². The van der Waals surface area contributed by atoms with Gasteiger partial charge in [0, 0.05) is 0 Å². The lowest BCUT2D eigenvalue weighted by Gasteiger charge is -2.36. The third-order valence-corrected chi connectivity index (χ3v) is 6.59. The first-order valence-electron chi connectivity index (χ1n) is 4.92. The van der Waals surface area contributed by atoms with Crippen LogP contribution in [-0.4, -0.2) is 26.2 Å². The monoisotopic (exact) mass is 218 g/mol. The molecule has 0 amide bonds. The maximum Gasteiger partial charge on any atom is 0.308 e. The Kier molecular flexibility index (Phi) is 4.33. The lowest BCUT2D eigenvalue weighted by molar-refractivity contribution is -0.145. The maximum absolute atomic E-state index is 11.2. The van der Waals surface area contributed by atoms with Crippen LogP contribution in [-0.2, 0) is 9.53 Å². The molecule has 0 spiro atoms. The molecular weight excluding hydrogens is 196 g/mol. The largest absolute Gasteiger partial charge is 0.469 e. The number of carbonyl (C=O) groups excluding carboxylic acids is 1. The van der Waals surface area contributed by atoms with Crippen LogP contribution in [0.2, 0.25) is 18.1 Å². The molecule has 3 nitrogen and oxygen atoms in total. The summed E-state index contributed by atoms with van der Waals surface area (Å²) in [5.74, 6) is -0.342. The van der Waals surface area contributed by atoms with Crippen molar-refractivity contribution in [2.45, 2.75) is 45.3 Å². The summed E-state index contributed by atoms with van der Waals surface area (Å²) >= 11 is 0. The summed E-state index contributed by atoms with van der Waals surface area (Å²) in [6, 6.07) is 0. The molecule has 0 unspecified atom stereocenters. The molecule has 1 atom stereocenters. The van der Waals surface area contributed by atoms with Gasteiger partial charge in [-0.1, -0.05) is 20.8 Å². The van der Waals surface area contributed by atoms with Crippen LogP contribution in [0.15, 0.2) is 0 Å². The molecule has 0 aliphatic heterocycles. The fourth-order valence-corrected chi connectivity index (χ4v) is 2.11. The highest BCUT2D eigenvalue weighted by atomic mass is 28.4. The van der Waals surface area contributed by atoms with Crippen molar-refractivity contribution in [3.8, 4) is 0 Å². The van der Waals surface area contributed by atoms with E-state index in [1.165, 1.54) is 7.11 Å². The molecular formula is C10H22O3Si. The zero-order chi connectivity index (χ0) is 11.6. The molecule has 0 aromatic heterocycles. The molecule has 0 heterocycles. The quantitative estimate of drug-likeness (QED) is 0.581. The number of carbonyl (C=O) groups is 1. The Balaban J connectivity index is 4.44. The number of esters is 1. The third-order valence-electron chi connectivity index (χ3n) is 3.08. The van der Waals surface area contributed by atoms with Gasteiger partial charge in [-0.3, -0.25) is 4.79 Å². The molecule has 0 fully saturated rings. The molecule has 0 saturated heterocycles. The molecule has 0 bridgehead atoms. The number of hydrogen-bond donors (Lipinski definition) is 1. The topological polar surface area (TPSA) is 46.5 Å². The van der Waals surface area contributed by atoms with Gasteiger partial charge in [0.2, 0.25) is 0 Å². The molecule has 4 heteroatoms. The van der Waals surface area contributed by atoms with Crippen molar-refractivity contribution >= 4 is 14.3 Å². The van der Waals surface area contributed by atoms with Gasteiger partial charge in [0.15, 0.2) is 8.32 Å². The number of hydrogen-bond acceptors (Lipinski definition) is 3. The van der Waals surface area contributed by atoms with Crippen LogP contribution in [0.25, 0.3) is 0 Å². The normalized spacial score (nSPS) is 15.1. The van der Waals surface area contributed by atoms with Gasteiger partial charge >= 0.3 is 5.97 Å². The highest BCUT2D eigenvalue weighted by Crippen LogP contribution is 2.41. The first-order chi connectivity index (χ1) is 6.12. The van der Waals surface area contributed by atoms with Crippen LogP contribution in [0.1, 0.15) is 27.2 Å². The van der Waals surface area contributed by atoms with E-state index in [4.69, 9.17) is 0 Å². The Morgan fingerprint density at radius 2 is 1.93 bits per heavy atom. The van der Waals surface area contributed by atoms with Crippen LogP contribution >= 0.6 is 0 Å². The second-order valence-corrected chi connectivity index (χ2v) is 9.54. The van der Waals surface area contributed by atoms with Crippen molar-refractivity contribution in [3.05, 3.63) is 0 Å². The zero-order valence-corrected chi connectivity index (χ0v) is 11.0. The van der Waals surface area contributed by atoms with E-state index in [-0.39, 0.29) is 16.9 Å². The molecule has 0 aromatic carbocycles. The molecule has 84 valence electrons. The smallest absolute Gasteiger partial charge is 0.308 e. The van der Waals surface area contributed by atoms with Gasteiger partial charge < -0.3 is 9.53 Å². The van der Waals surface area contributed by atoms with Crippen molar-refractivity contribution in [1.29, 1.82) is 0 Å². The highest BCUT2D eigenvalue weighted by Gasteiger charge is 2.40. The van der Waals surface area contributed by atoms with Crippen LogP contribution in [0.4, 0.5) is 0 Å². The van der Waals surface area contributed by atoms with Gasteiger partial charge in [0.05, 0.1) is 13.0 Å².